The summed E-state index contributed by atoms with van der Waals surface area (Å²) >= 11 is 0. The molecule has 0 saturated carbocycles. The second-order valence-corrected chi connectivity index (χ2v) is 5.06. The molecule has 0 saturated heterocycles. The summed E-state index contributed by atoms with van der Waals surface area (Å²) in [5.41, 5.74) is 1.05. The van der Waals surface area contributed by atoms with Crippen LogP contribution in [-0.2, 0) is 4.79 Å². The lowest BCUT2D eigenvalue weighted by Gasteiger charge is -2.23. The van der Waals surface area contributed by atoms with Crippen LogP contribution >= 0.6 is 0 Å². The maximum Gasteiger partial charge on any atom is 0.265 e. The highest BCUT2D eigenvalue weighted by molar-refractivity contribution is 6.00. The number of anilines is 1. The topological polar surface area (TPSA) is 67.4 Å². The summed E-state index contributed by atoms with van der Waals surface area (Å²) in [4.78, 5) is 23.4. The predicted molar refractivity (Wildman–Crippen MR) is 72.3 cm³/mol. The van der Waals surface area contributed by atoms with Crippen LogP contribution in [0, 0.1) is 5.92 Å². The molecule has 0 fully saturated rings. The Morgan fingerprint density at radius 2 is 2.21 bits per heavy atom. The average Bonchev–Trinajstić information content (AvgIpc) is 2.36. The largest absolute Gasteiger partial charge is 0.479 e. The first-order valence-electron chi connectivity index (χ1n) is 6.37. The Bertz CT molecular complexity index is 511. The van der Waals surface area contributed by atoms with Crippen molar-refractivity contribution in [1.82, 2.24) is 5.32 Å². The van der Waals surface area contributed by atoms with Crippen LogP contribution in [-0.4, -0.2) is 24.5 Å². The van der Waals surface area contributed by atoms with Crippen LogP contribution in [0.5, 0.6) is 5.75 Å². The molecule has 2 amide bonds. The molecular weight excluding hydrogens is 244 g/mol. The van der Waals surface area contributed by atoms with Crippen LogP contribution in [0.3, 0.4) is 0 Å². The van der Waals surface area contributed by atoms with E-state index in [1.165, 1.54) is 0 Å². The minimum absolute atomic E-state index is 0.149. The Labute approximate surface area is 112 Å². The van der Waals surface area contributed by atoms with Gasteiger partial charge in [0.15, 0.2) is 6.10 Å². The standard InChI is InChI=1S/C14H18N2O3/c1-8(2)7-15-14(18)10-4-5-12-11(6-10)16-13(17)9(3)19-12/h4-6,8-9H,7H2,1-3H3,(H,15,18)(H,16,17). The lowest BCUT2D eigenvalue weighted by molar-refractivity contribution is -0.122. The van der Waals surface area contributed by atoms with Crippen LogP contribution in [0.15, 0.2) is 18.2 Å². The number of amides is 2. The van der Waals surface area contributed by atoms with E-state index in [9.17, 15) is 9.59 Å². The zero-order valence-corrected chi connectivity index (χ0v) is 11.3. The third-order valence-electron chi connectivity index (χ3n) is 2.84. The number of ether oxygens (including phenoxy) is 1. The highest BCUT2D eigenvalue weighted by Gasteiger charge is 2.24. The normalized spacial score (nSPS) is 17.5. The maximum atomic E-state index is 11.9. The summed E-state index contributed by atoms with van der Waals surface area (Å²) in [6, 6.07) is 5.03. The van der Waals surface area contributed by atoms with Gasteiger partial charge in [-0.2, -0.15) is 0 Å². The number of rotatable bonds is 3. The lowest BCUT2D eigenvalue weighted by atomic mass is 10.1. The van der Waals surface area contributed by atoms with E-state index < -0.39 is 6.10 Å². The van der Waals surface area contributed by atoms with Gasteiger partial charge in [0, 0.05) is 12.1 Å². The summed E-state index contributed by atoms with van der Waals surface area (Å²) in [5, 5.41) is 5.56. The predicted octanol–water partition coefficient (Wildman–Crippen LogP) is 1.79. The molecule has 1 atom stereocenters. The molecule has 1 aromatic rings. The van der Waals surface area contributed by atoms with Crippen molar-refractivity contribution in [2.45, 2.75) is 26.9 Å². The Morgan fingerprint density at radius 3 is 2.89 bits per heavy atom. The fraction of sp³-hybridized carbons (Fsp3) is 0.429. The van der Waals surface area contributed by atoms with Crippen molar-refractivity contribution in [3.63, 3.8) is 0 Å². The fourth-order valence-electron chi connectivity index (χ4n) is 1.75. The van der Waals surface area contributed by atoms with Crippen molar-refractivity contribution in [2.24, 2.45) is 5.92 Å². The first-order valence-corrected chi connectivity index (χ1v) is 6.37. The molecule has 2 N–H and O–H groups in total. The van der Waals surface area contributed by atoms with Crippen LogP contribution in [0.2, 0.25) is 0 Å². The molecule has 1 aliphatic heterocycles. The average molecular weight is 262 g/mol. The molecule has 5 heteroatoms. The van der Waals surface area contributed by atoms with Gasteiger partial charge >= 0.3 is 0 Å². The molecular formula is C14H18N2O3. The van der Waals surface area contributed by atoms with Gasteiger partial charge in [0.05, 0.1) is 5.69 Å². The maximum absolute atomic E-state index is 11.9. The van der Waals surface area contributed by atoms with E-state index in [0.29, 0.717) is 29.5 Å². The summed E-state index contributed by atoms with van der Waals surface area (Å²) in [7, 11) is 0. The van der Waals surface area contributed by atoms with E-state index >= 15 is 0 Å². The number of fused-ring (bicyclic) bond motifs is 1. The van der Waals surface area contributed by atoms with Crippen molar-refractivity contribution in [3.8, 4) is 5.75 Å². The van der Waals surface area contributed by atoms with E-state index in [-0.39, 0.29) is 11.8 Å². The Hall–Kier alpha value is -2.04. The van der Waals surface area contributed by atoms with Gasteiger partial charge in [0.1, 0.15) is 5.75 Å². The lowest BCUT2D eigenvalue weighted by Crippen LogP contribution is -2.34. The summed E-state index contributed by atoms with van der Waals surface area (Å²) in [6.45, 7) is 6.36. The van der Waals surface area contributed by atoms with E-state index in [0.717, 1.165) is 0 Å². The summed E-state index contributed by atoms with van der Waals surface area (Å²) < 4.78 is 5.43. The molecule has 2 rings (SSSR count). The second kappa shape index (κ2) is 5.30. The van der Waals surface area contributed by atoms with Gasteiger partial charge in [-0.3, -0.25) is 9.59 Å². The zero-order valence-electron chi connectivity index (χ0n) is 11.3. The number of benzene rings is 1. The smallest absolute Gasteiger partial charge is 0.265 e. The molecule has 5 nitrogen and oxygen atoms in total. The number of hydrogen-bond acceptors (Lipinski definition) is 3. The Morgan fingerprint density at radius 1 is 1.47 bits per heavy atom. The van der Waals surface area contributed by atoms with Gasteiger partial charge in [0.25, 0.3) is 11.8 Å². The van der Waals surface area contributed by atoms with E-state index in [4.69, 9.17) is 4.74 Å². The van der Waals surface area contributed by atoms with Gasteiger partial charge in [-0.1, -0.05) is 13.8 Å². The summed E-state index contributed by atoms with van der Waals surface area (Å²) in [6.07, 6.45) is -0.506. The van der Waals surface area contributed by atoms with Crippen LogP contribution in [0.25, 0.3) is 0 Å². The molecule has 0 radical (unpaired) electrons. The molecule has 102 valence electrons. The molecule has 19 heavy (non-hydrogen) atoms. The highest BCUT2D eigenvalue weighted by Crippen LogP contribution is 2.30. The number of carbonyl (C=O) groups excluding carboxylic acids is 2. The van der Waals surface area contributed by atoms with Crippen molar-refractivity contribution < 1.29 is 14.3 Å². The van der Waals surface area contributed by atoms with Gasteiger partial charge in [0.2, 0.25) is 0 Å². The van der Waals surface area contributed by atoms with Crippen LogP contribution < -0.4 is 15.4 Å². The van der Waals surface area contributed by atoms with Crippen molar-refractivity contribution in [3.05, 3.63) is 23.8 Å². The van der Waals surface area contributed by atoms with E-state index in [1.54, 1.807) is 25.1 Å². The molecule has 1 unspecified atom stereocenters. The molecule has 1 aliphatic rings. The number of carbonyl (C=O) groups is 2. The minimum Gasteiger partial charge on any atom is -0.479 e. The first kappa shape index (κ1) is 13.4. The first-order chi connectivity index (χ1) is 8.97. The number of nitrogens with one attached hydrogen (secondary N) is 2. The van der Waals surface area contributed by atoms with Crippen molar-refractivity contribution in [1.29, 1.82) is 0 Å². The summed E-state index contributed by atoms with van der Waals surface area (Å²) in [5.74, 6) is 0.634. The zero-order chi connectivity index (χ0) is 14.0. The second-order valence-electron chi connectivity index (χ2n) is 5.06. The van der Waals surface area contributed by atoms with E-state index in [2.05, 4.69) is 10.6 Å². The van der Waals surface area contributed by atoms with Gasteiger partial charge in [-0.05, 0) is 31.0 Å². The molecule has 1 aromatic carbocycles. The van der Waals surface area contributed by atoms with Crippen LogP contribution in [0.4, 0.5) is 5.69 Å². The third-order valence-corrected chi connectivity index (χ3v) is 2.84. The van der Waals surface area contributed by atoms with E-state index in [1.807, 2.05) is 13.8 Å². The SMILES string of the molecule is CC(C)CNC(=O)c1ccc2c(c1)NC(=O)C(C)O2. The molecule has 0 aromatic heterocycles. The fourth-order valence-corrected chi connectivity index (χ4v) is 1.75. The minimum atomic E-state index is -0.506. The molecule has 0 bridgehead atoms. The monoisotopic (exact) mass is 262 g/mol. The van der Waals surface area contributed by atoms with Gasteiger partial charge < -0.3 is 15.4 Å². The quantitative estimate of drug-likeness (QED) is 0.872. The van der Waals surface area contributed by atoms with Crippen molar-refractivity contribution in [2.75, 3.05) is 11.9 Å². The Kier molecular flexibility index (Phi) is 3.74. The molecule has 0 spiro atoms. The highest BCUT2D eigenvalue weighted by atomic mass is 16.5. The molecule has 0 aliphatic carbocycles. The van der Waals surface area contributed by atoms with Crippen LogP contribution in [0.1, 0.15) is 31.1 Å². The van der Waals surface area contributed by atoms with Gasteiger partial charge in [-0.15, -0.1) is 0 Å². The third kappa shape index (κ3) is 3.05. The van der Waals surface area contributed by atoms with Gasteiger partial charge in [-0.25, -0.2) is 0 Å². The molecule has 1 heterocycles. The van der Waals surface area contributed by atoms with Crippen molar-refractivity contribution >= 4 is 17.5 Å². The Balaban J connectivity index is 2.15. The number of hydrogen-bond donors (Lipinski definition) is 2.